The van der Waals surface area contributed by atoms with E-state index in [9.17, 15) is 9.59 Å². The van der Waals surface area contributed by atoms with E-state index < -0.39 is 12.0 Å². The van der Waals surface area contributed by atoms with Gasteiger partial charge in [0.15, 0.2) is 0 Å². The molecule has 1 aliphatic rings. The zero-order valence-electron chi connectivity index (χ0n) is 19.9. The van der Waals surface area contributed by atoms with Crippen LogP contribution in [0.5, 0.6) is 17.2 Å². The van der Waals surface area contributed by atoms with Crippen LogP contribution in [-0.4, -0.2) is 51.4 Å². The van der Waals surface area contributed by atoms with Crippen LogP contribution in [0.4, 0.5) is 4.79 Å². The molecule has 33 heavy (non-hydrogen) atoms. The third kappa shape index (κ3) is 5.22. The van der Waals surface area contributed by atoms with Gasteiger partial charge in [-0.05, 0) is 61.7 Å². The van der Waals surface area contributed by atoms with E-state index in [1.165, 1.54) is 19.1 Å². The zero-order valence-corrected chi connectivity index (χ0v) is 19.9. The Morgan fingerprint density at radius 2 is 1.67 bits per heavy atom. The van der Waals surface area contributed by atoms with Gasteiger partial charge in [0, 0.05) is 13.1 Å². The first-order valence-electron chi connectivity index (χ1n) is 10.7. The summed E-state index contributed by atoms with van der Waals surface area (Å²) in [4.78, 5) is 27.3. The molecule has 2 amide bonds. The maximum Gasteiger partial charge on any atom is 0.338 e. The minimum Gasteiger partial charge on any atom is -0.497 e. The van der Waals surface area contributed by atoms with Crippen LogP contribution < -0.4 is 19.5 Å². The number of urea groups is 1. The van der Waals surface area contributed by atoms with Crippen molar-refractivity contribution in [3.05, 3.63) is 64.4 Å². The summed E-state index contributed by atoms with van der Waals surface area (Å²) in [6.07, 6.45) is 0. The summed E-state index contributed by atoms with van der Waals surface area (Å²) in [5.74, 6) is 1.19. The predicted molar refractivity (Wildman–Crippen MR) is 124 cm³/mol. The molecular formula is C25H30N2O6. The first-order chi connectivity index (χ1) is 15.8. The summed E-state index contributed by atoms with van der Waals surface area (Å²) in [5, 5.41) is 2.88. The predicted octanol–water partition coefficient (Wildman–Crippen LogP) is 3.91. The Labute approximate surface area is 194 Å². The molecule has 0 aliphatic carbocycles. The lowest BCUT2D eigenvalue weighted by atomic mass is 9.94. The smallest absolute Gasteiger partial charge is 0.338 e. The standard InChI is InChI=1S/C25H30N2O6/c1-7-32-24(28)22-21(14-33-18-9-8-15(2)16(3)10-18)27(4)25(29)26-23(22)17-11-19(30-5)13-20(12-17)31-6/h8-13,23H,7,14H2,1-6H3,(H,26,29)/t23-/m1/s1. The lowest BCUT2D eigenvalue weighted by Gasteiger charge is -2.34. The molecule has 0 spiro atoms. The maximum atomic E-state index is 13.1. The fourth-order valence-electron chi connectivity index (χ4n) is 3.58. The molecule has 8 heteroatoms. The molecule has 0 saturated carbocycles. The average Bonchev–Trinajstić information content (AvgIpc) is 2.81. The quantitative estimate of drug-likeness (QED) is 0.609. The molecule has 2 aromatic rings. The molecule has 0 fully saturated rings. The van der Waals surface area contributed by atoms with Gasteiger partial charge >= 0.3 is 12.0 Å². The van der Waals surface area contributed by atoms with Crippen LogP contribution in [0.15, 0.2) is 47.7 Å². The van der Waals surface area contributed by atoms with E-state index in [4.69, 9.17) is 18.9 Å². The summed E-state index contributed by atoms with van der Waals surface area (Å²) >= 11 is 0. The molecule has 0 bridgehead atoms. The topological polar surface area (TPSA) is 86.3 Å². The number of benzene rings is 2. The number of methoxy groups -OCH3 is 2. The van der Waals surface area contributed by atoms with E-state index in [1.807, 2.05) is 32.0 Å². The number of esters is 1. The Bertz CT molecular complexity index is 1060. The van der Waals surface area contributed by atoms with Gasteiger partial charge in [-0.1, -0.05) is 6.07 Å². The van der Waals surface area contributed by atoms with Gasteiger partial charge in [0.1, 0.15) is 23.9 Å². The van der Waals surface area contributed by atoms with Crippen molar-refractivity contribution in [2.45, 2.75) is 26.8 Å². The summed E-state index contributed by atoms with van der Waals surface area (Å²) in [7, 11) is 4.67. The van der Waals surface area contributed by atoms with Gasteiger partial charge in [0.2, 0.25) is 0 Å². The first kappa shape index (κ1) is 24.0. The van der Waals surface area contributed by atoms with Crippen molar-refractivity contribution < 1.29 is 28.5 Å². The molecule has 176 valence electrons. The van der Waals surface area contributed by atoms with Crippen LogP contribution in [-0.2, 0) is 9.53 Å². The Morgan fingerprint density at radius 3 is 2.24 bits per heavy atom. The molecular weight excluding hydrogens is 424 g/mol. The van der Waals surface area contributed by atoms with Gasteiger partial charge in [-0.2, -0.15) is 0 Å². The molecule has 1 atom stereocenters. The largest absolute Gasteiger partial charge is 0.497 e. The molecule has 1 aliphatic heterocycles. The molecule has 1 N–H and O–H groups in total. The first-order valence-corrected chi connectivity index (χ1v) is 10.7. The van der Waals surface area contributed by atoms with E-state index in [1.54, 1.807) is 32.2 Å². The van der Waals surface area contributed by atoms with Gasteiger partial charge < -0.3 is 24.3 Å². The molecule has 2 aromatic carbocycles. The minimum absolute atomic E-state index is 0.0121. The number of aryl methyl sites for hydroxylation is 2. The van der Waals surface area contributed by atoms with Crippen molar-refractivity contribution in [1.29, 1.82) is 0 Å². The van der Waals surface area contributed by atoms with Crippen molar-refractivity contribution in [3.63, 3.8) is 0 Å². The fourth-order valence-corrected chi connectivity index (χ4v) is 3.58. The van der Waals surface area contributed by atoms with E-state index >= 15 is 0 Å². The average molecular weight is 455 g/mol. The molecule has 0 aromatic heterocycles. The van der Waals surface area contributed by atoms with Gasteiger partial charge in [-0.3, -0.25) is 4.90 Å². The Balaban J connectivity index is 2.08. The second-order valence-corrected chi connectivity index (χ2v) is 7.70. The number of rotatable bonds is 8. The van der Waals surface area contributed by atoms with Crippen LogP contribution in [0, 0.1) is 13.8 Å². The number of nitrogens with zero attached hydrogens (tertiary/aromatic N) is 1. The number of likely N-dealkylation sites (N-methyl/N-ethyl adjacent to an activating group) is 1. The number of amides is 2. The third-order valence-electron chi connectivity index (χ3n) is 5.63. The number of carbonyl (C=O) groups is 2. The van der Waals surface area contributed by atoms with E-state index in [-0.39, 0.29) is 24.8 Å². The number of carbonyl (C=O) groups excluding carboxylic acids is 2. The van der Waals surface area contributed by atoms with Gasteiger partial charge in [0.05, 0.1) is 38.1 Å². The van der Waals surface area contributed by atoms with E-state index in [2.05, 4.69) is 5.32 Å². The van der Waals surface area contributed by atoms with Crippen LogP contribution >= 0.6 is 0 Å². The van der Waals surface area contributed by atoms with E-state index in [0.717, 1.165) is 11.1 Å². The molecule has 0 saturated heterocycles. The van der Waals surface area contributed by atoms with Crippen molar-refractivity contribution >= 4 is 12.0 Å². The van der Waals surface area contributed by atoms with E-state index in [0.29, 0.717) is 28.5 Å². The van der Waals surface area contributed by atoms with Crippen LogP contribution in [0.25, 0.3) is 0 Å². The van der Waals surface area contributed by atoms with Crippen molar-refractivity contribution in [3.8, 4) is 17.2 Å². The molecule has 0 radical (unpaired) electrons. The number of hydrogen-bond donors (Lipinski definition) is 1. The molecule has 0 unspecified atom stereocenters. The Kier molecular flexibility index (Phi) is 7.48. The monoisotopic (exact) mass is 454 g/mol. The zero-order chi connectivity index (χ0) is 24.1. The summed E-state index contributed by atoms with van der Waals surface area (Å²) in [6.45, 7) is 5.96. The van der Waals surface area contributed by atoms with Crippen LogP contribution in [0.1, 0.15) is 29.7 Å². The minimum atomic E-state index is -0.768. The second-order valence-electron chi connectivity index (χ2n) is 7.70. The number of nitrogens with one attached hydrogen (secondary N) is 1. The highest BCUT2D eigenvalue weighted by Crippen LogP contribution is 2.35. The highest BCUT2D eigenvalue weighted by Gasteiger charge is 2.37. The Morgan fingerprint density at radius 1 is 1.00 bits per heavy atom. The number of ether oxygens (including phenoxy) is 4. The lowest BCUT2D eigenvalue weighted by molar-refractivity contribution is -0.139. The second kappa shape index (κ2) is 10.3. The number of hydrogen-bond acceptors (Lipinski definition) is 6. The SMILES string of the molecule is CCOC(=O)C1=C(COc2ccc(C)c(C)c2)N(C)C(=O)N[C@@H]1c1cc(OC)cc(OC)c1. The molecule has 1 heterocycles. The molecule has 3 rings (SSSR count). The maximum absolute atomic E-state index is 13.1. The normalized spacial score (nSPS) is 15.8. The highest BCUT2D eigenvalue weighted by atomic mass is 16.5. The molecule has 8 nitrogen and oxygen atoms in total. The third-order valence-corrected chi connectivity index (χ3v) is 5.63. The summed E-state index contributed by atoms with van der Waals surface area (Å²) in [6, 6.07) is 9.84. The van der Waals surface area contributed by atoms with Crippen LogP contribution in [0.3, 0.4) is 0 Å². The summed E-state index contributed by atoms with van der Waals surface area (Å²) < 4.78 is 22.1. The van der Waals surface area contributed by atoms with Gasteiger partial charge in [-0.25, -0.2) is 9.59 Å². The summed E-state index contributed by atoms with van der Waals surface area (Å²) in [5.41, 5.74) is 3.57. The van der Waals surface area contributed by atoms with Gasteiger partial charge in [0.25, 0.3) is 0 Å². The van der Waals surface area contributed by atoms with Crippen LogP contribution in [0.2, 0.25) is 0 Å². The van der Waals surface area contributed by atoms with Crippen molar-refractivity contribution in [1.82, 2.24) is 10.2 Å². The van der Waals surface area contributed by atoms with Crippen molar-refractivity contribution in [2.24, 2.45) is 0 Å². The van der Waals surface area contributed by atoms with Gasteiger partial charge in [-0.15, -0.1) is 0 Å². The Hall–Kier alpha value is -3.68. The highest BCUT2D eigenvalue weighted by molar-refractivity contribution is 5.95. The lowest BCUT2D eigenvalue weighted by Crippen LogP contribution is -2.48. The fraction of sp³-hybridized carbons (Fsp3) is 0.360. The van der Waals surface area contributed by atoms with Crippen molar-refractivity contribution in [2.75, 3.05) is 34.5 Å².